The van der Waals surface area contributed by atoms with E-state index >= 15 is 0 Å². The molecule has 24 heavy (non-hydrogen) atoms. The summed E-state index contributed by atoms with van der Waals surface area (Å²) in [4.78, 5) is 12.4. The first-order chi connectivity index (χ1) is 11.5. The molecule has 2 N–H and O–H groups in total. The molecule has 1 fully saturated rings. The second-order valence-corrected chi connectivity index (χ2v) is 6.47. The van der Waals surface area contributed by atoms with Crippen molar-refractivity contribution in [1.29, 1.82) is 0 Å². The molecule has 6 heteroatoms. The summed E-state index contributed by atoms with van der Waals surface area (Å²) < 4.78 is 14.9. The van der Waals surface area contributed by atoms with Crippen LogP contribution in [0.4, 0.5) is 15.0 Å². The monoisotopic (exact) mass is 330 g/mol. The smallest absolute Gasteiger partial charge is 0.320 e. The van der Waals surface area contributed by atoms with Gasteiger partial charge in [-0.1, -0.05) is 25.0 Å². The van der Waals surface area contributed by atoms with Gasteiger partial charge in [0, 0.05) is 13.1 Å². The number of nitrogens with zero attached hydrogens (tertiary/aromatic N) is 2. The minimum Gasteiger partial charge on any atom is -0.331 e. The number of benzene rings is 1. The number of aryl methyl sites for hydroxylation is 2. The first-order valence-electron chi connectivity index (χ1n) is 8.36. The van der Waals surface area contributed by atoms with E-state index in [-0.39, 0.29) is 17.9 Å². The van der Waals surface area contributed by atoms with E-state index in [1.54, 1.807) is 23.9 Å². The van der Waals surface area contributed by atoms with Crippen LogP contribution in [0.3, 0.4) is 0 Å². The summed E-state index contributed by atoms with van der Waals surface area (Å²) in [6, 6.07) is 7.85. The van der Waals surface area contributed by atoms with Crippen LogP contribution in [0.15, 0.2) is 30.3 Å². The number of nitrogens with one attached hydrogen (secondary N) is 2. The topological polar surface area (TPSA) is 59.0 Å². The van der Waals surface area contributed by atoms with Gasteiger partial charge in [0.2, 0.25) is 0 Å². The van der Waals surface area contributed by atoms with Crippen molar-refractivity contribution < 1.29 is 9.18 Å². The quantitative estimate of drug-likeness (QED) is 0.892. The Morgan fingerprint density at radius 2 is 1.96 bits per heavy atom. The van der Waals surface area contributed by atoms with Crippen LogP contribution < -0.4 is 10.6 Å². The molecular formula is C18H23FN4O. The van der Waals surface area contributed by atoms with Crippen molar-refractivity contribution in [3.63, 3.8) is 0 Å². The summed E-state index contributed by atoms with van der Waals surface area (Å²) in [5.74, 6) is 0.766. The Morgan fingerprint density at radius 1 is 1.29 bits per heavy atom. The van der Waals surface area contributed by atoms with Crippen LogP contribution in [0.2, 0.25) is 0 Å². The number of hydrogen-bond donors (Lipinski definition) is 2. The number of urea groups is 1. The van der Waals surface area contributed by atoms with Crippen molar-refractivity contribution in [2.45, 2.75) is 38.6 Å². The van der Waals surface area contributed by atoms with Gasteiger partial charge < -0.3 is 5.32 Å². The Balaban J connectivity index is 1.74. The van der Waals surface area contributed by atoms with Crippen LogP contribution in [-0.4, -0.2) is 15.8 Å². The number of amides is 2. The molecule has 0 aliphatic heterocycles. The Morgan fingerprint density at radius 3 is 2.54 bits per heavy atom. The highest BCUT2D eigenvalue weighted by Gasteiger charge is 2.28. The molecule has 2 amide bonds. The summed E-state index contributed by atoms with van der Waals surface area (Å²) in [7, 11) is 1.79. The van der Waals surface area contributed by atoms with Crippen LogP contribution in [0, 0.1) is 18.7 Å². The van der Waals surface area contributed by atoms with Crippen LogP contribution in [0.5, 0.6) is 0 Å². The van der Waals surface area contributed by atoms with Gasteiger partial charge in [0.05, 0.1) is 11.7 Å². The van der Waals surface area contributed by atoms with Crippen LogP contribution in [-0.2, 0) is 7.05 Å². The summed E-state index contributed by atoms with van der Waals surface area (Å²) in [6.07, 6.45) is 4.50. The summed E-state index contributed by atoms with van der Waals surface area (Å²) >= 11 is 0. The molecule has 1 saturated carbocycles. The van der Waals surface area contributed by atoms with Crippen molar-refractivity contribution in [2.24, 2.45) is 13.0 Å². The van der Waals surface area contributed by atoms with Gasteiger partial charge in [-0.05, 0) is 43.4 Å². The van der Waals surface area contributed by atoms with E-state index in [1.165, 1.54) is 25.0 Å². The third-order valence-electron chi connectivity index (χ3n) is 4.63. The van der Waals surface area contributed by atoms with E-state index < -0.39 is 0 Å². The molecule has 2 aromatic rings. The minimum absolute atomic E-state index is 0.109. The lowest BCUT2D eigenvalue weighted by molar-refractivity contribution is 0.242. The lowest BCUT2D eigenvalue weighted by atomic mass is 9.92. The molecule has 1 aromatic carbocycles. The number of carbonyl (C=O) groups is 1. The Labute approximate surface area is 141 Å². The van der Waals surface area contributed by atoms with Crippen molar-refractivity contribution in [1.82, 2.24) is 15.1 Å². The average Bonchev–Trinajstić information content (AvgIpc) is 3.16. The number of anilines is 1. The third kappa shape index (κ3) is 3.75. The molecule has 0 saturated heterocycles. The number of rotatable bonds is 4. The van der Waals surface area contributed by atoms with Gasteiger partial charge in [0.1, 0.15) is 11.6 Å². The minimum atomic E-state index is -0.265. The van der Waals surface area contributed by atoms with E-state index in [9.17, 15) is 9.18 Å². The molecule has 0 unspecified atom stereocenters. The van der Waals surface area contributed by atoms with E-state index in [0.29, 0.717) is 11.7 Å². The lowest BCUT2D eigenvalue weighted by Crippen LogP contribution is -2.36. The van der Waals surface area contributed by atoms with Crippen LogP contribution in [0.25, 0.3) is 0 Å². The lowest BCUT2D eigenvalue weighted by Gasteiger charge is -2.25. The fraction of sp³-hybridized carbons (Fsp3) is 0.444. The molecule has 1 aliphatic rings. The van der Waals surface area contributed by atoms with Gasteiger partial charge in [0.15, 0.2) is 0 Å². The van der Waals surface area contributed by atoms with E-state index in [0.717, 1.165) is 24.1 Å². The molecule has 0 bridgehead atoms. The SMILES string of the molecule is Cc1cc(NC(=O)N[C@H](c2ccc(F)cc2)C2CCCC2)n(C)n1. The normalized spacial score (nSPS) is 16.1. The second-order valence-electron chi connectivity index (χ2n) is 6.47. The molecule has 1 heterocycles. The fourth-order valence-electron chi connectivity index (χ4n) is 3.46. The fourth-order valence-corrected chi connectivity index (χ4v) is 3.46. The predicted molar refractivity (Wildman–Crippen MR) is 91.2 cm³/mol. The third-order valence-corrected chi connectivity index (χ3v) is 4.63. The highest BCUT2D eigenvalue weighted by atomic mass is 19.1. The molecule has 0 spiro atoms. The maximum Gasteiger partial charge on any atom is 0.320 e. The highest BCUT2D eigenvalue weighted by Crippen LogP contribution is 2.35. The summed E-state index contributed by atoms with van der Waals surface area (Å²) in [5.41, 5.74) is 1.79. The zero-order chi connectivity index (χ0) is 17.1. The van der Waals surface area contributed by atoms with Gasteiger partial charge in [-0.25, -0.2) is 9.18 Å². The first-order valence-corrected chi connectivity index (χ1v) is 8.36. The Kier molecular flexibility index (Phi) is 4.83. The van der Waals surface area contributed by atoms with Crippen molar-refractivity contribution >= 4 is 11.8 Å². The van der Waals surface area contributed by atoms with Crippen molar-refractivity contribution in [3.8, 4) is 0 Å². The number of halogens is 1. The van der Waals surface area contributed by atoms with Gasteiger partial charge in [-0.2, -0.15) is 5.10 Å². The van der Waals surface area contributed by atoms with E-state index in [4.69, 9.17) is 0 Å². The molecule has 0 radical (unpaired) electrons. The van der Waals surface area contributed by atoms with Gasteiger partial charge >= 0.3 is 6.03 Å². The summed E-state index contributed by atoms with van der Waals surface area (Å²) in [6.45, 7) is 1.88. The molecule has 1 aromatic heterocycles. The van der Waals surface area contributed by atoms with Gasteiger partial charge in [-0.3, -0.25) is 10.00 Å². The second kappa shape index (κ2) is 7.03. The van der Waals surface area contributed by atoms with Crippen LogP contribution >= 0.6 is 0 Å². The number of hydrogen-bond acceptors (Lipinski definition) is 2. The molecule has 128 valence electrons. The van der Waals surface area contributed by atoms with E-state index in [2.05, 4.69) is 15.7 Å². The van der Waals surface area contributed by atoms with Gasteiger partial charge in [-0.15, -0.1) is 0 Å². The maximum atomic E-state index is 13.2. The largest absolute Gasteiger partial charge is 0.331 e. The maximum absolute atomic E-state index is 13.2. The standard InChI is InChI=1S/C18H23FN4O/c1-12-11-16(23(2)22-12)20-18(24)21-17(13-5-3-4-6-13)14-7-9-15(19)10-8-14/h7-11,13,17H,3-6H2,1-2H3,(H2,20,21,24)/t17-/m0/s1. The van der Waals surface area contributed by atoms with Crippen molar-refractivity contribution in [2.75, 3.05) is 5.32 Å². The zero-order valence-electron chi connectivity index (χ0n) is 14.1. The molecular weight excluding hydrogens is 307 g/mol. The molecule has 3 rings (SSSR count). The molecule has 1 aliphatic carbocycles. The number of aromatic nitrogens is 2. The van der Waals surface area contributed by atoms with E-state index in [1.807, 2.05) is 13.0 Å². The summed E-state index contributed by atoms with van der Waals surface area (Å²) in [5, 5.41) is 10.1. The van der Waals surface area contributed by atoms with Crippen LogP contribution in [0.1, 0.15) is 43.0 Å². The number of carbonyl (C=O) groups excluding carboxylic acids is 1. The average molecular weight is 330 g/mol. The molecule has 1 atom stereocenters. The zero-order valence-corrected chi connectivity index (χ0v) is 14.1. The highest BCUT2D eigenvalue weighted by molar-refractivity contribution is 5.88. The Hall–Kier alpha value is -2.37. The van der Waals surface area contributed by atoms with Gasteiger partial charge in [0.25, 0.3) is 0 Å². The predicted octanol–water partition coefficient (Wildman–Crippen LogP) is 3.92. The van der Waals surface area contributed by atoms with Crippen molar-refractivity contribution in [3.05, 3.63) is 47.4 Å². The first kappa shape index (κ1) is 16.5. The molecule has 5 nitrogen and oxygen atoms in total. The Bertz CT molecular complexity index is 704.